The second-order valence-electron chi connectivity index (χ2n) is 5.92. The minimum atomic E-state index is 0.0514. The highest BCUT2D eigenvalue weighted by atomic mass is 15.2. The van der Waals surface area contributed by atoms with Gasteiger partial charge < -0.3 is 15.2 Å². The van der Waals surface area contributed by atoms with Crippen LogP contribution in [0.25, 0.3) is 0 Å². The van der Waals surface area contributed by atoms with Crippen LogP contribution in [-0.2, 0) is 6.54 Å². The van der Waals surface area contributed by atoms with Crippen LogP contribution in [-0.4, -0.2) is 34.1 Å². The molecule has 0 aliphatic carbocycles. The van der Waals surface area contributed by atoms with Crippen LogP contribution in [0.1, 0.15) is 39.4 Å². The molecule has 98 valence electrons. The molecule has 1 heterocycles. The van der Waals surface area contributed by atoms with Crippen molar-refractivity contribution in [3.05, 3.63) is 18.2 Å². The van der Waals surface area contributed by atoms with Crippen molar-refractivity contribution in [1.82, 2.24) is 14.5 Å². The van der Waals surface area contributed by atoms with Crippen molar-refractivity contribution in [2.75, 3.05) is 14.1 Å². The van der Waals surface area contributed by atoms with Gasteiger partial charge in [0.2, 0.25) is 0 Å². The van der Waals surface area contributed by atoms with Crippen LogP contribution in [0.3, 0.4) is 0 Å². The molecule has 0 bridgehead atoms. The summed E-state index contributed by atoms with van der Waals surface area (Å²) >= 11 is 0. The van der Waals surface area contributed by atoms with Crippen LogP contribution in [0.15, 0.2) is 12.5 Å². The van der Waals surface area contributed by atoms with Gasteiger partial charge in [-0.2, -0.15) is 0 Å². The van der Waals surface area contributed by atoms with Crippen molar-refractivity contribution in [3.63, 3.8) is 0 Å². The molecule has 0 saturated heterocycles. The lowest BCUT2D eigenvalue weighted by molar-refractivity contribution is 0.167. The normalized spacial score (nSPS) is 14.6. The van der Waals surface area contributed by atoms with Gasteiger partial charge in [-0.25, -0.2) is 4.98 Å². The molecule has 4 nitrogen and oxygen atoms in total. The summed E-state index contributed by atoms with van der Waals surface area (Å²) in [6.07, 6.45) is 3.76. The first kappa shape index (κ1) is 14.2. The van der Waals surface area contributed by atoms with Gasteiger partial charge in [-0.15, -0.1) is 0 Å². The summed E-state index contributed by atoms with van der Waals surface area (Å²) in [5.74, 6) is 0.424. The Hall–Kier alpha value is -0.870. The maximum Gasteiger partial charge on any atom is 0.0949 e. The second kappa shape index (κ2) is 5.19. The number of nitrogens with zero attached hydrogens (tertiary/aromatic N) is 3. The van der Waals surface area contributed by atoms with Crippen LogP contribution in [0.5, 0.6) is 0 Å². The molecule has 1 unspecified atom stereocenters. The van der Waals surface area contributed by atoms with E-state index in [9.17, 15) is 0 Å². The Morgan fingerprint density at radius 1 is 1.41 bits per heavy atom. The van der Waals surface area contributed by atoms with Crippen LogP contribution in [0.2, 0.25) is 0 Å². The molecule has 0 radical (unpaired) electrons. The number of hydrogen-bond donors (Lipinski definition) is 1. The summed E-state index contributed by atoms with van der Waals surface area (Å²) in [5, 5.41) is 0. The molecule has 1 rings (SSSR count). The highest BCUT2D eigenvalue weighted by Crippen LogP contribution is 2.21. The predicted molar refractivity (Wildman–Crippen MR) is 71.8 cm³/mol. The molecule has 4 heteroatoms. The van der Waals surface area contributed by atoms with E-state index < -0.39 is 0 Å². The number of rotatable bonds is 5. The summed E-state index contributed by atoms with van der Waals surface area (Å²) in [4.78, 5) is 6.45. The molecular weight excluding hydrogens is 212 g/mol. The van der Waals surface area contributed by atoms with Crippen molar-refractivity contribution in [3.8, 4) is 0 Å². The van der Waals surface area contributed by atoms with Gasteiger partial charge in [-0.3, -0.25) is 0 Å². The van der Waals surface area contributed by atoms with Crippen LogP contribution < -0.4 is 5.73 Å². The first-order chi connectivity index (χ1) is 7.75. The van der Waals surface area contributed by atoms with Crippen molar-refractivity contribution < 1.29 is 0 Å². The maximum absolute atomic E-state index is 6.20. The quantitative estimate of drug-likeness (QED) is 0.852. The van der Waals surface area contributed by atoms with Crippen molar-refractivity contribution in [2.24, 2.45) is 11.7 Å². The topological polar surface area (TPSA) is 47.1 Å². The Labute approximate surface area is 105 Å². The van der Waals surface area contributed by atoms with Gasteiger partial charge in [-0.05, 0) is 33.9 Å². The molecule has 0 aliphatic rings. The second-order valence-corrected chi connectivity index (χ2v) is 5.92. The molecule has 0 aliphatic heterocycles. The van der Waals surface area contributed by atoms with E-state index in [0.29, 0.717) is 5.92 Å². The Kier molecular flexibility index (Phi) is 4.33. The zero-order valence-corrected chi connectivity index (χ0v) is 11.9. The van der Waals surface area contributed by atoms with E-state index in [0.717, 1.165) is 12.2 Å². The monoisotopic (exact) mass is 238 g/mol. The number of imidazole rings is 1. The van der Waals surface area contributed by atoms with E-state index in [-0.39, 0.29) is 11.6 Å². The van der Waals surface area contributed by atoms with E-state index in [4.69, 9.17) is 5.73 Å². The maximum atomic E-state index is 6.20. The van der Waals surface area contributed by atoms with Crippen LogP contribution in [0, 0.1) is 5.92 Å². The van der Waals surface area contributed by atoms with Crippen LogP contribution in [0.4, 0.5) is 0 Å². The summed E-state index contributed by atoms with van der Waals surface area (Å²) in [5.41, 5.74) is 7.41. The minimum Gasteiger partial charge on any atom is -0.331 e. The summed E-state index contributed by atoms with van der Waals surface area (Å²) in [6, 6.07) is 0.0514. The molecule has 1 atom stereocenters. The molecule has 0 fully saturated rings. The van der Waals surface area contributed by atoms with Gasteiger partial charge >= 0.3 is 0 Å². The zero-order chi connectivity index (χ0) is 13.2. The third-order valence-corrected chi connectivity index (χ3v) is 3.57. The lowest BCUT2D eigenvalue weighted by Gasteiger charge is -2.34. The van der Waals surface area contributed by atoms with E-state index in [2.05, 4.69) is 56.2 Å². The smallest absolute Gasteiger partial charge is 0.0949 e. The summed E-state index contributed by atoms with van der Waals surface area (Å²) < 4.78 is 2.17. The Balaban J connectivity index is 2.90. The van der Waals surface area contributed by atoms with E-state index >= 15 is 0 Å². The Bertz CT molecular complexity index is 352. The van der Waals surface area contributed by atoms with E-state index in [1.807, 2.05) is 12.5 Å². The van der Waals surface area contributed by atoms with Crippen LogP contribution >= 0.6 is 0 Å². The van der Waals surface area contributed by atoms with Crippen molar-refractivity contribution in [1.29, 1.82) is 0 Å². The molecule has 0 spiro atoms. The van der Waals surface area contributed by atoms with E-state index in [1.165, 1.54) is 0 Å². The number of nitrogens with two attached hydrogens (primary N) is 1. The van der Waals surface area contributed by atoms with Gasteiger partial charge in [0.05, 0.1) is 12.0 Å². The van der Waals surface area contributed by atoms with Gasteiger partial charge in [0.25, 0.3) is 0 Å². The third kappa shape index (κ3) is 3.30. The first-order valence-corrected chi connectivity index (χ1v) is 6.18. The van der Waals surface area contributed by atoms with Crippen molar-refractivity contribution >= 4 is 0 Å². The summed E-state index contributed by atoms with van der Waals surface area (Å²) in [6.45, 7) is 9.61. The fourth-order valence-electron chi connectivity index (χ4n) is 1.64. The first-order valence-electron chi connectivity index (χ1n) is 6.18. The lowest BCUT2D eigenvalue weighted by atomic mass is 10.0. The molecule has 1 aromatic rings. The molecule has 0 aromatic carbocycles. The number of likely N-dealkylation sites (N-methyl/N-ethyl adjacent to an activating group) is 1. The average molecular weight is 238 g/mol. The van der Waals surface area contributed by atoms with E-state index in [1.54, 1.807) is 0 Å². The van der Waals surface area contributed by atoms with Gasteiger partial charge in [0.15, 0.2) is 0 Å². The number of hydrogen-bond acceptors (Lipinski definition) is 3. The molecule has 17 heavy (non-hydrogen) atoms. The standard InChI is InChI=1S/C13H26N4/c1-10(2)12(14)11-7-15-9-17(11)8-13(3,4)16(5)6/h7,9-10,12H,8,14H2,1-6H3. The number of aromatic nitrogens is 2. The molecule has 0 saturated carbocycles. The van der Waals surface area contributed by atoms with Gasteiger partial charge in [0.1, 0.15) is 0 Å². The fourth-order valence-corrected chi connectivity index (χ4v) is 1.64. The minimum absolute atomic E-state index is 0.0514. The molecule has 0 amide bonds. The Morgan fingerprint density at radius 2 is 2.00 bits per heavy atom. The molecule has 1 aromatic heterocycles. The summed E-state index contributed by atoms with van der Waals surface area (Å²) in [7, 11) is 4.19. The highest BCUT2D eigenvalue weighted by Gasteiger charge is 2.24. The predicted octanol–water partition coefficient (Wildman–Crippen LogP) is 1.88. The SMILES string of the molecule is CC(C)C(N)c1cncn1CC(C)(C)N(C)C. The Morgan fingerprint density at radius 3 is 2.47 bits per heavy atom. The highest BCUT2D eigenvalue weighted by molar-refractivity contribution is 5.06. The zero-order valence-electron chi connectivity index (χ0n) is 11.9. The molecular formula is C13H26N4. The third-order valence-electron chi connectivity index (χ3n) is 3.57. The molecule has 2 N–H and O–H groups in total. The van der Waals surface area contributed by atoms with Crippen molar-refractivity contribution in [2.45, 2.75) is 45.8 Å². The van der Waals surface area contributed by atoms with Gasteiger partial charge in [-0.1, -0.05) is 13.8 Å². The fraction of sp³-hybridized carbons (Fsp3) is 0.769. The average Bonchev–Trinajstić information content (AvgIpc) is 2.63. The largest absolute Gasteiger partial charge is 0.331 e. The lowest BCUT2D eigenvalue weighted by Crippen LogP contribution is -2.42. The van der Waals surface area contributed by atoms with Gasteiger partial charge in [0, 0.05) is 24.3 Å².